The van der Waals surface area contributed by atoms with E-state index in [1.165, 1.54) is 19.1 Å². The number of ether oxygens (including phenoxy) is 1. The number of rotatable bonds is 6. The molecular formula is C22H17F3N2O4. The predicted octanol–water partition coefficient (Wildman–Crippen LogP) is 3.17. The van der Waals surface area contributed by atoms with Gasteiger partial charge in [0, 0.05) is 25.0 Å². The fourth-order valence-electron chi connectivity index (χ4n) is 3.02. The Balaban J connectivity index is 2.04. The molecule has 2 N–H and O–H groups in total. The molecule has 0 fully saturated rings. The van der Waals surface area contributed by atoms with Gasteiger partial charge in [-0.2, -0.15) is 0 Å². The van der Waals surface area contributed by atoms with Gasteiger partial charge in [-0.15, -0.1) is 0 Å². The van der Waals surface area contributed by atoms with Crippen molar-refractivity contribution >= 4 is 17.6 Å². The number of hydrogen-bond donors (Lipinski definition) is 1. The third-order valence-corrected chi connectivity index (χ3v) is 4.48. The number of anilines is 1. The Hall–Kier alpha value is -3.88. The molecule has 31 heavy (non-hydrogen) atoms. The Morgan fingerprint density at radius 3 is 2.19 bits per heavy atom. The van der Waals surface area contributed by atoms with Gasteiger partial charge in [-0.25, -0.2) is 13.2 Å². The molecule has 9 heteroatoms. The summed E-state index contributed by atoms with van der Waals surface area (Å²) in [6.45, 7) is 1.14. The van der Waals surface area contributed by atoms with Crippen molar-refractivity contribution in [2.24, 2.45) is 0 Å². The number of halogens is 3. The van der Waals surface area contributed by atoms with Crippen molar-refractivity contribution in [3.8, 4) is 5.69 Å². The first-order valence-corrected chi connectivity index (χ1v) is 9.12. The molecule has 2 aromatic carbocycles. The molecular weight excluding hydrogens is 413 g/mol. The minimum absolute atomic E-state index is 0.0567. The van der Waals surface area contributed by atoms with E-state index in [9.17, 15) is 27.6 Å². The minimum atomic E-state index is -1.09. The molecule has 0 aliphatic carbocycles. The van der Waals surface area contributed by atoms with Crippen molar-refractivity contribution in [3.05, 3.63) is 93.0 Å². The van der Waals surface area contributed by atoms with Crippen LogP contribution in [0.2, 0.25) is 0 Å². The fraction of sp³-hybridized carbons (Fsp3) is 0.136. The Kier molecular flexibility index (Phi) is 6.24. The molecule has 3 aromatic rings. The van der Waals surface area contributed by atoms with E-state index in [2.05, 4.69) is 0 Å². The maximum atomic E-state index is 14.8. The number of ketones is 1. The number of benzene rings is 2. The standard InChI is InChI=1S/C22H17F3N2O4/c1-12(28)31-9-8-13-10-17(24)20(18(25)11-13)27-19(29)7-6-16(22(27)26)21(30)14-2-4-15(23)5-3-14/h2-7,10-11H,8-9,26H2,1H3. The number of pyridine rings is 1. The summed E-state index contributed by atoms with van der Waals surface area (Å²) in [5, 5.41) is 0. The van der Waals surface area contributed by atoms with Crippen LogP contribution in [0.1, 0.15) is 28.4 Å². The van der Waals surface area contributed by atoms with E-state index in [4.69, 9.17) is 10.5 Å². The fourth-order valence-corrected chi connectivity index (χ4v) is 3.02. The summed E-state index contributed by atoms with van der Waals surface area (Å²) < 4.78 is 47.9. The SMILES string of the molecule is CC(=O)OCCc1cc(F)c(-n2c(N)c(C(=O)c3ccc(F)cc3)ccc2=O)c(F)c1. The molecule has 3 rings (SSSR count). The van der Waals surface area contributed by atoms with Gasteiger partial charge in [0.15, 0.2) is 17.4 Å². The number of nitrogens with zero attached hydrogens (tertiary/aromatic N) is 1. The molecule has 0 amide bonds. The zero-order valence-electron chi connectivity index (χ0n) is 16.3. The summed E-state index contributed by atoms with van der Waals surface area (Å²) in [6, 6.07) is 8.69. The Labute approximate surface area is 174 Å². The second kappa shape index (κ2) is 8.86. The highest BCUT2D eigenvalue weighted by atomic mass is 19.1. The molecule has 1 heterocycles. The third-order valence-electron chi connectivity index (χ3n) is 4.48. The molecule has 6 nitrogen and oxygen atoms in total. The van der Waals surface area contributed by atoms with Gasteiger partial charge in [0.1, 0.15) is 17.3 Å². The van der Waals surface area contributed by atoms with Crippen molar-refractivity contribution < 1.29 is 27.5 Å². The van der Waals surface area contributed by atoms with Gasteiger partial charge >= 0.3 is 5.97 Å². The average molecular weight is 430 g/mol. The monoisotopic (exact) mass is 430 g/mol. The highest BCUT2D eigenvalue weighted by molar-refractivity contribution is 6.11. The first-order chi connectivity index (χ1) is 14.7. The Morgan fingerprint density at radius 1 is 1.00 bits per heavy atom. The van der Waals surface area contributed by atoms with E-state index in [0.717, 1.165) is 36.4 Å². The van der Waals surface area contributed by atoms with E-state index in [0.29, 0.717) is 4.57 Å². The number of esters is 1. The maximum absolute atomic E-state index is 14.8. The van der Waals surface area contributed by atoms with Crippen LogP contribution in [-0.4, -0.2) is 22.9 Å². The summed E-state index contributed by atoms with van der Waals surface area (Å²) in [5.74, 6) is -4.36. The molecule has 0 atom stereocenters. The maximum Gasteiger partial charge on any atom is 0.302 e. The number of carbonyl (C=O) groups excluding carboxylic acids is 2. The van der Waals surface area contributed by atoms with E-state index in [1.54, 1.807) is 0 Å². The van der Waals surface area contributed by atoms with Crippen LogP contribution in [0.4, 0.5) is 19.0 Å². The predicted molar refractivity (Wildman–Crippen MR) is 107 cm³/mol. The third kappa shape index (κ3) is 4.66. The molecule has 0 spiro atoms. The van der Waals surface area contributed by atoms with Gasteiger partial charge < -0.3 is 10.5 Å². The van der Waals surface area contributed by atoms with Gasteiger partial charge in [0.2, 0.25) is 0 Å². The normalized spacial score (nSPS) is 10.7. The van der Waals surface area contributed by atoms with E-state index in [1.807, 2.05) is 0 Å². The highest BCUT2D eigenvalue weighted by Crippen LogP contribution is 2.24. The van der Waals surface area contributed by atoms with Crippen LogP contribution >= 0.6 is 0 Å². The quantitative estimate of drug-likeness (QED) is 0.479. The molecule has 160 valence electrons. The van der Waals surface area contributed by atoms with Crippen molar-refractivity contribution in [1.82, 2.24) is 4.57 Å². The molecule has 0 saturated heterocycles. The molecule has 0 bridgehead atoms. The Morgan fingerprint density at radius 2 is 1.61 bits per heavy atom. The zero-order valence-corrected chi connectivity index (χ0v) is 16.3. The van der Waals surface area contributed by atoms with Gasteiger partial charge in [-0.3, -0.25) is 19.0 Å². The lowest BCUT2D eigenvalue weighted by molar-refractivity contribution is -0.140. The number of aromatic nitrogens is 1. The molecule has 0 unspecified atom stereocenters. The molecule has 0 saturated carbocycles. The van der Waals surface area contributed by atoms with Crippen LogP contribution in [0, 0.1) is 17.5 Å². The minimum Gasteiger partial charge on any atom is -0.466 e. The second-order valence-electron chi connectivity index (χ2n) is 6.64. The van der Waals surface area contributed by atoms with Crippen LogP contribution in [0.3, 0.4) is 0 Å². The second-order valence-corrected chi connectivity index (χ2v) is 6.64. The first kappa shape index (κ1) is 21.8. The van der Waals surface area contributed by atoms with Gasteiger partial charge in [0.05, 0.1) is 12.2 Å². The topological polar surface area (TPSA) is 91.4 Å². The summed E-state index contributed by atoms with van der Waals surface area (Å²) >= 11 is 0. The number of hydrogen-bond acceptors (Lipinski definition) is 5. The average Bonchev–Trinajstić information content (AvgIpc) is 2.70. The summed E-state index contributed by atoms with van der Waals surface area (Å²) in [4.78, 5) is 35.9. The van der Waals surface area contributed by atoms with Crippen molar-refractivity contribution in [2.75, 3.05) is 12.3 Å². The highest BCUT2D eigenvalue weighted by Gasteiger charge is 2.21. The van der Waals surface area contributed by atoms with Crippen LogP contribution < -0.4 is 11.3 Å². The van der Waals surface area contributed by atoms with Crippen LogP contribution in [0.25, 0.3) is 5.69 Å². The largest absolute Gasteiger partial charge is 0.466 e. The van der Waals surface area contributed by atoms with Crippen LogP contribution in [0.5, 0.6) is 0 Å². The van der Waals surface area contributed by atoms with Crippen LogP contribution in [0.15, 0.2) is 53.3 Å². The molecule has 0 radical (unpaired) electrons. The molecule has 1 aromatic heterocycles. The lowest BCUT2D eigenvalue weighted by atomic mass is 10.0. The van der Waals surface area contributed by atoms with E-state index >= 15 is 0 Å². The van der Waals surface area contributed by atoms with Crippen molar-refractivity contribution in [3.63, 3.8) is 0 Å². The zero-order chi connectivity index (χ0) is 22.7. The summed E-state index contributed by atoms with van der Waals surface area (Å²) in [6.07, 6.45) is 0.0567. The van der Waals surface area contributed by atoms with Gasteiger partial charge in [-0.1, -0.05) is 0 Å². The van der Waals surface area contributed by atoms with Crippen LogP contribution in [-0.2, 0) is 16.0 Å². The summed E-state index contributed by atoms with van der Waals surface area (Å²) in [5.41, 5.74) is 4.47. The van der Waals surface area contributed by atoms with Gasteiger partial charge in [-0.05, 0) is 48.0 Å². The van der Waals surface area contributed by atoms with E-state index in [-0.39, 0.29) is 29.7 Å². The summed E-state index contributed by atoms with van der Waals surface area (Å²) in [7, 11) is 0. The van der Waals surface area contributed by atoms with Crippen molar-refractivity contribution in [2.45, 2.75) is 13.3 Å². The van der Waals surface area contributed by atoms with Gasteiger partial charge in [0.25, 0.3) is 5.56 Å². The lowest BCUT2D eigenvalue weighted by Gasteiger charge is -2.15. The number of carbonyl (C=O) groups is 2. The lowest BCUT2D eigenvalue weighted by Crippen LogP contribution is -2.25. The number of nitrogen functional groups attached to an aromatic ring is 1. The molecule has 0 aliphatic heterocycles. The molecule has 0 aliphatic rings. The smallest absolute Gasteiger partial charge is 0.302 e. The number of nitrogens with two attached hydrogens (primary N) is 1. The van der Waals surface area contributed by atoms with Crippen molar-refractivity contribution in [1.29, 1.82) is 0 Å². The Bertz CT molecular complexity index is 1200. The van der Waals surface area contributed by atoms with E-state index < -0.39 is 46.3 Å². The first-order valence-electron chi connectivity index (χ1n) is 9.12.